The first-order chi connectivity index (χ1) is 22.4. The fourth-order valence-electron chi connectivity index (χ4n) is 4.86. The number of non-ortho nitro benzene ring substituents is 1. The highest BCUT2D eigenvalue weighted by atomic mass is 35.5. The third kappa shape index (κ3) is 8.88. The number of amides is 2. The number of carbonyl (C=O) groups excluding carboxylic acids is 2. The molecule has 0 aliphatic rings. The van der Waals surface area contributed by atoms with Crippen molar-refractivity contribution in [3.05, 3.63) is 134 Å². The predicted octanol–water partition coefficient (Wildman–Crippen LogP) is 6.65. The summed E-state index contributed by atoms with van der Waals surface area (Å²) in [6, 6.07) is 25.1. The summed E-state index contributed by atoms with van der Waals surface area (Å²) < 4.78 is 29.0. The number of carbonyl (C=O) groups is 2. The van der Waals surface area contributed by atoms with Crippen LogP contribution in [0.1, 0.15) is 31.4 Å². The van der Waals surface area contributed by atoms with Crippen molar-refractivity contribution in [2.24, 2.45) is 0 Å². The van der Waals surface area contributed by atoms with Crippen LogP contribution in [-0.2, 0) is 32.6 Å². The van der Waals surface area contributed by atoms with Crippen LogP contribution < -0.4 is 9.62 Å². The molecule has 0 saturated carbocycles. The lowest BCUT2D eigenvalue weighted by atomic mass is 10.0. The number of anilines is 1. The summed E-state index contributed by atoms with van der Waals surface area (Å²) in [5.74, 6) is -1.21. The second-order valence-corrected chi connectivity index (χ2v) is 13.5. The van der Waals surface area contributed by atoms with Gasteiger partial charge in [0.05, 0.1) is 15.5 Å². The molecule has 4 aromatic rings. The lowest BCUT2D eigenvalue weighted by Crippen LogP contribution is -2.54. The number of rotatable bonds is 14. The largest absolute Gasteiger partial charge is 0.352 e. The van der Waals surface area contributed by atoms with Crippen molar-refractivity contribution in [2.45, 2.75) is 50.2 Å². The molecule has 0 aromatic heterocycles. The third-order valence-corrected chi connectivity index (χ3v) is 10.1. The van der Waals surface area contributed by atoms with Crippen LogP contribution in [0.25, 0.3) is 0 Å². The minimum absolute atomic E-state index is 0.0964. The smallest absolute Gasteiger partial charge is 0.271 e. The number of nitro groups is 1. The number of hydrogen-bond acceptors (Lipinski definition) is 6. The van der Waals surface area contributed by atoms with Crippen LogP contribution >= 0.6 is 23.2 Å². The minimum Gasteiger partial charge on any atom is -0.352 e. The maximum Gasteiger partial charge on any atom is 0.271 e. The first-order valence-electron chi connectivity index (χ1n) is 14.8. The number of benzene rings is 4. The van der Waals surface area contributed by atoms with Gasteiger partial charge in [0.15, 0.2) is 0 Å². The average molecular weight is 698 g/mol. The highest BCUT2D eigenvalue weighted by molar-refractivity contribution is 7.92. The Morgan fingerprint density at radius 2 is 1.49 bits per heavy atom. The quantitative estimate of drug-likeness (QED) is 0.116. The summed E-state index contributed by atoms with van der Waals surface area (Å²) in [4.78, 5) is 40.6. The number of halogens is 2. The molecule has 0 fully saturated rings. The van der Waals surface area contributed by atoms with Gasteiger partial charge in [-0.1, -0.05) is 90.8 Å². The van der Waals surface area contributed by atoms with Gasteiger partial charge in [0.25, 0.3) is 15.7 Å². The maximum atomic E-state index is 14.6. The van der Waals surface area contributed by atoms with Gasteiger partial charge in [0, 0.05) is 46.7 Å². The Morgan fingerprint density at radius 1 is 0.894 bits per heavy atom. The molecule has 0 radical (unpaired) electrons. The van der Waals surface area contributed by atoms with Gasteiger partial charge in [-0.25, -0.2) is 8.42 Å². The molecule has 0 aliphatic heterocycles. The molecular formula is C34H34Cl2N4O6S. The first kappa shape index (κ1) is 35.4. The molecule has 1 N–H and O–H groups in total. The summed E-state index contributed by atoms with van der Waals surface area (Å²) in [6.07, 6.45) is 0.725. The first-order valence-corrected chi connectivity index (χ1v) is 17.0. The molecular weight excluding hydrogens is 663 g/mol. The molecule has 0 spiro atoms. The maximum absolute atomic E-state index is 14.6. The van der Waals surface area contributed by atoms with Gasteiger partial charge in [-0.3, -0.25) is 24.0 Å². The Balaban J connectivity index is 1.86. The summed E-state index contributed by atoms with van der Waals surface area (Å²) >= 11 is 13.1. The zero-order valence-corrected chi connectivity index (χ0v) is 28.1. The molecule has 10 nitrogen and oxygen atoms in total. The Morgan fingerprint density at radius 3 is 2.09 bits per heavy atom. The Hall–Kier alpha value is -4.45. The topological polar surface area (TPSA) is 130 Å². The molecule has 0 unspecified atom stereocenters. The second kappa shape index (κ2) is 15.9. The van der Waals surface area contributed by atoms with Crippen LogP contribution in [0.4, 0.5) is 11.4 Å². The van der Waals surface area contributed by atoms with E-state index in [2.05, 4.69) is 5.32 Å². The summed E-state index contributed by atoms with van der Waals surface area (Å²) in [6.45, 7) is 2.74. The molecule has 0 aliphatic carbocycles. The molecule has 0 saturated heterocycles. The lowest BCUT2D eigenvalue weighted by molar-refractivity contribution is -0.384. The van der Waals surface area contributed by atoms with Gasteiger partial charge in [-0.15, -0.1) is 0 Å². The van der Waals surface area contributed by atoms with Crippen molar-refractivity contribution in [1.29, 1.82) is 0 Å². The average Bonchev–Trinajstić information content (AvgIpc) is 3.07. The standard InChI is InChI=1S/C34H34Cl2N4O6S/c1-3-24(2)37-34(42)32(20-25-12-6-4-7-13-25)38(22-29-30(35)18-11-19-31(29)36)33(41)23-39(26-14-10-15-27(21-26)40(43)44)47(45,46)28-16-8-5-9-17-28/h4-19,21,24,32H,3,20,22-23H2,1-2H3,(H,37,42)/t24-,32-/m0/s1. The molecule has 13 heteroatoms. The number of nitrogens with one attached hydrogen (secondary N) is 1. The van der Waals surface area contributed by atoms with Crippen molar-refractivity contribution in [3.8, 4) is 0 Å². The molecule has 4 rings (SSSR count). The lowest BCUT2D eigenvalue weighted by Gasteiger charge is -2.34. The van der Waals surface area contributed by atoms with E-state index in [0.717, 1.165) is 15.9 Å². The van der Waals surface area contributed by atoms with Crippen molar-refractivity contribution >= 4 is 56.4 Å². The van der Waals surface area contributed by atoms with E-state index >= 15 is 0 Å². The van der Waals surface area contributed by atoms with E-state index < -0.39 is 39.3 Å². The Labute approximate surface area is 284 Å². The van der Waals surface area contributed by atoms with Crippen molar-refractivity contribution in [1.82, 2.24) is 10.2 Å². The fraction of sp³-hybridized carbons (Fsp3) is 0.235. The van der Waals surface area contributed by atoms with Gasteiger partial charge in [-0.05, 0) is 49.2 Å². The van der Waals surface area contributed by atoms with Crippen LogP contribution in [0.15, 0.2) is 108 Å². The van der Waals surface area contributed by atoms with Gasteiger partial charge in [0.1, 0.15) is 12.6 Å². The zero-order valence-electron chi connectivity index (χ0n) is 25.8. The van der Waals surface area contributed by atoms with Crippen molar-refractivity contribution in [2.75, 3.05) is 10.8 Å². The number of sulfonamides is 1. The molecule has 2 atom stereocenters. The van der Waals surface area contributed by atoms with Crippen LogP contribution in [-0.4, -0.2) is 48.7 Å². The number of nitrogens with zero attached hydrogens (tertiary/aromatic N) is 3. The van der Waals surface area contributed by atoms with Crippen LogP contribution in [0.3, 0.4) is 0 Å². The van der Waals surface area contributed by atoms with E-state index in [0.29, 0.717) is 12.0 Å². The number of hydrogen-bond donors (Lipinski definition) is 1. The molecule has 47 heavy (non-hydrogen) atoms. The summed E-state index contributed by atoms with van der Waals surface area (Å²) in [7, 11) is -4.43. The molecule has 0 bridgehead atoms. The van der Waals surface area contributed by atoms with Crippen molar-refractivity contribution in [3.63, 3.8) is 0 Å². The second-order valence-electron chi connectivity index (χ2n) is 10.8. The van der Waals surface area contributed by atoms with E-state index in [1.165, 1.54) is 47.4 Å². The highest BCUT2D eigenvalue weighted by Gasteiger charge is 2.36. The molecule has 2 amide bonds. The van der Waals surface area contributed by atoms with E-state index in [-0.39, 0.29) is 45.3 Å². The van der Waals surface area contributed by atoms with E-state index in [1.807, 2.05) is 44.2 Å². The number of nitro benzene ring substituents is 1. The summed E-state index contributed by atoms with van der Waals surface area (Å²) in [5.41, 5.74) is 0.660. The van der Waals surface area contributed by atoms with Crippen molar-refractivity contribution < 1.29 is 22.9 Å². The minimum atomic E-state index is -4.43. The zero-order chi connectivity index (χ0) is 34.1. The Bertz CT molecular complexity index is 1810. The van der Waals surface area contributed by atoms with Gasteiger partial charge >= 0.3 is 0 Å². The van der Waals surface area contributed by atoms with Gasteiger partial charge < -0.3 is 10.2 Å². The van der Waals surface area contributed by atoms with Gasteiger partial charge in [-0.2, -0.15) is 0 Å². The SMILES string of the molecule is CC[C@H](C)NC(=O)[C@H](Cc1ccccc1)N(Cc1c(Cl)cccc1Cl)C(=O)CN(c1cccc([N+](=O)[O-])c1)S(=O)(=O)c1ccccc1. The van der Waals surface area contributed by atoms with E-state index in [9.17, 15) is 28.1 Å². The van der Waals surface area contributed by atoms with E-state index in [4.69, 9.17) is 23.2 Å². The monoisotopic (exact) mass is 696 g/mol. The van der Waals surface area contributed by atoms with E-state index in [1.54, 1.807) is 24.3 Å². The predicted molar refractivity (Wildman–Crippen MR) is 183 cm³/mol. The van der Waals surface area contributed by atoms with Gasteiger partial charge in [0.2, 0.25) is 11.8 Å². The highest BCUT2D eigenvalue weighted by Crippen LogP contribution is 2.30. The molecule has 4 aromatic carbocycles. The van der Waals surface area contributed by atoms with Crippen LogP contribution in [0.2, 0.25) is 10.0 Å². The van der Waals surface area contributed by atoms with Crippen LogP contribution in [0.5, 0.6) is 0 Å². The third-order valence-electron chi connectivity index (χ3n) is 7.60. The molecule has 246 valence electrons. The molecule has 0 heterocycles. The van der Waals surface area contributed by atoms with Crippen LogP contribution in [0, 0.1) is 10.1 Å². The Kier molecular flexibility index (Phi) is 12.0. The fourth-order valence-corrected chi connectivity index (χ4v) is 6.80. The summed E-state index contributed by atoms with van der Waals surface area (Å²) in [5, 5.41) is 15.1. The normalized spacial score (nSPS) is 12.5.